The summed E-state index contributed by atoms with van der Waals surface area (Å²) < 4.78 is 0. The Morgan fingerprint density at radius 1 is 1.30 bits per heavy atom. The molecule has 0 radical (unpaired) electrons. The molecule has 2 aromatic rings. The molecule has 6 nitrogen and oxygen atoms in total. The number of nitrogens with zero attached hydrogens (tertiary/aromatic N) is 2. The third kappa shape index (κ3) is 3.03. The molecule has 1 heterocycles. The molecule has 0 atom stereocenters. The predicted molar refractivity (Wildman–Crippen MR) is 79.5 cm³/mol. The quantitative estimate of drug-likeness (QED) is 0.644. The van der Waals surface area contributed by atoms with Gasteiger partial charge in [0, 0.05) is 18.8 Å². The third-order valence-corrected chi connectivity index (χ3v) is 2.92. The molecule has 6 heteroatoms. The van der Waals surface area contributed by atoms with Gasteiger partial charge in [0.2, 0.25) is 5.82 Å². The van der Waals surface area contributed by atoms with Crippen molar-refractivity contribution in [3.63, 3.8) is 0 Å². The number of hydrogen-bond acceptors (Lipinski definition) is 5. The molecule has 0 aliphatic heterocycles. The van der Waals surface area contributed by atoms with Gasteiger partial charge in [-0.3, -0.25) is 10.1 Å². The van der Waals surface area contributed by atoms with E-state index in [2.05, 4.69) is 22.5 Å². The molecule has 0 amide bonds. The number of rotatable bonds is 5. The first-order chi connectivity index (χ1) is 9.63. The highest BCUT2D eigenvalue weighted by Crippen LogP contribution is 2.27. The summed E-state index contributed by atoms with van der Waals surface area (Å²) in [6.07, 6.45) is 0.904. The number of aryl methyl sites for hydroxylation is 1. The van der Waals surface area contributed by atoms with Crippen LogP contribution in [-0.4, -0.2) is 17.0 Å². The largest absolute Gasteiger partial charge is 0.373 e. The summed E-state index contributed by atoms with van der Waals surface area (Å²) in [5.74, 6) is 0.805. The Labute approximate surface area is 117 Å². The Balaban J connectivity index is 2.37. The fourth-order valence-corrected chi connectivity index (χ4v) is 1.84. The van der Waals surface area contributed by atoms with Gasteiger partial charge in [0.15, 0.2) is 0 Å². The summed E-state index contributed by atoms with van der Waals surface area (Å²) in [6.45, 7) is 2.06. The van der Waals surface area contributed by atoms with Crippen LogP contribution in [0.15, 0.2) is 36.4 Å². The van der Waals surface area contributed by atoms with Crippen molar-refractivity contribution in [3.05, 3.63) is 52.1 Å². The second-order valence-corrected chi connectivity index (χ2v) is 4.25. The van der Waals surface area contributed by atoms with Crippen LogP contribution in [0.3, 0.4) is 0 Å². The third-order valence-electron chi connectivity index (χ3n) is 2.92. The van der Waals surface area contributed by atoms with Gasteiger partial charge >= 0.3 is 5.69 Å². The molecule has 0 bridgehead atoms. The lowest BCUT2D eigenvalue weighted by atomic mass is 10.1. The van der Waals surface area contributed by atoms with Crippen LogP contribution in [-0.2, 0) is 6.42 Å². The van der Waals surface area contributed by atoms with Gasteiger partial charge in [-0.05, 0) is 30.2 Å². The Morgan fingerprint density at radius 3 is 2.75 bits per heavy atom. The molecule has 2 N–H and O–H groups in total. The maximum Gasteiger partial charge on any atom is 0.311 e. The highest BCUT2D eigenvalue weighted by Gasteiger charge is 2.16. The van der Waals surface area contributed by atoms with Gasteiger partial charge in [0.25, 0.3) is 0 Å². The van der Waals surface area contributed by atoms with E-state index in [4.69, 9.17) is 0 Å². The second kappa shape index (κ2) is 6.01. The van der Waals surface area contributed by atoms with E-state index in [9.17, 15) is 10.1 Å². The number of nitrogens with one attached hydrogen (secondary N) is 2. The minimum Gasteiger partial charge on any atom is -0.373 e. The molecular weight excluding hydrogens is 256 g/mol. The average molecular weight is 272 g/mol. The van der Waals surface area contributed by atoms with Crippen molar-refractivity contribution in [1.82, 2.24) is 4.98 Å². The maximum atomic E-state index is 11.0. The number of pyridine rings is 1. The van der Waals surface area contributed by atoms with Crippen molar-refractivity contribution in [2.24, 2.45) is 0 Å². The first-order valence-corrected chi connectivity index (χ1v) is 6.33. The van der Waals surface area contributed by atoms with Crippen LogP contribution >= 0.6 is 0 Å². The molecule has 0 saturated heterocycles. The van der Waals surface area contributed by atoms with Crippen LogP contribution in [0, 0.1) is 10.1 Å². The van der Waals surface area contributed by atoms with Crippen molar-refractivity contribution in [2.75, 3.05) is 17.7 Å². The predicted octanol–water partition coefficient (Wildman–Crippen LogP) is 3.34. The summed E-state index contributed by atoms with van der Waals surface area (Å²) in [5, 5.41) is 16.9. The van der Waals surface area contributed by atoms with Gasteiger partial charge in [0.05, 0.1) is 4.92 Å². The van der Waals surface area contributed by atoms with E-state index < -0.39 is 4.92 Å². The van der Waals surface area contributed by atoms with Crippen LogP contribution < -0.4 is 10.6 Å². The molecule has 1 aromatic heterocycles. The monoisotopic (exact) mass is 272 g/mol. The van der Waals surface area contributed by atoms with Crippen LogP contribution in [0.1, 0.15) is 12.5 Å². The topological polar surface area (TPSA) is 80.1 Å². The lowest BCUT2D eigenvalue weighted by Crippen LogP contribution is -2.02. The van der Waals surface area contributed by atoms with E-state index >= 15 is 0 Å². The van der Waals surface area contributed by atoms with Gasteiger partial charge in [-0.1, -0.05) is 19.1 Å². The van der Waals surface area contributed by atoms with Crippen molar-refractivity contribution in [1.29, 1.82) is 0 Å². The Morgan fingerprint density at radius 2 is 2.10 bits per heavy atom. The number of benzene rings is 1. The van der Waals surface area contributed by atoms with E-state index in [1.54, 1.807) is 13.1 Å². The smallest absolute Gasteiger partial charge is 0.311 e. The minimum atomic E-state index is -0.446. The Bertz CT molecular complexity index is 628. The molecule has 0 unspecified atom stereocenters. The summed E-state index contributed by atoms with van der Waals surface area (Å²) in [5.41, 5.74) is 1.89. The van der Waals surface area contributed by atoms with E-state index in [-0.39, 0.29) is 11.5 Å². The van der Waals surface area contributed by atoms with E-state index in [1.165, 1.54) is 6.07 Å². The lowest BCUT2D eigenvalue weighted by molar-refractivity contribution is -0.384. The molecule has 0 aliphatic carbocycles. The highest BCUT2D eigenvalue weighted by atomic mass is 16.6. The number of aromatic nitrogens is 1. The molecule has 0 fully saturated rings. The van der Waals surface area contributed by atoms with E-state index in [0.29, 0.717) is 5.82 Å². The van der Waals surface area contributed by atoms with Gasteiger partial charge in [0.1, 0.15) is 5.82 Å². The molecule has 2 rings (SSSR count). The van der Waals surface area contributed by atoms with Crippen LogP contribution in [0.2, 0.25) is 0 Å². The fraction of sp³-hybridized carbons (Fsp3) is 0.214. The molecular formula is C14H16N4O2. The average Bonchev–Trinajstić information content (AvgIpc) is 2.47. The van der Waals surface area contributed by atoms with Gasteiger partial charge < -0.3 is 10.6 Å². The van der Waals surface area contributed by atoms with Gasteiger partial charge in [-0.15, -0.1) is 0 Å². The van der Waals surface area contributed by atoms with Crippen molar-refractivity contribution in [2.45, 2.75) is 13.3 Å². The zero-order valence-electron chi connectivity index (χ0n) is 11.4. The molecule has 0 aliphatic rings. The SMILES string of the molecule is CCc1cccc(Nc2nc(NC)ccc2[N+](=O)[O-])c1. The van der Waals surface area contributed by atoms with Crippen LogP contribution in [0.5, 0.6) is 0 Å². The van der Waals surface area contributed by atoms with Crippen LogP contribution in [0.4, 0.5) is 23.0 Å². The molecule has 0 saturated carbocycles. The van der Waals surface area contributed by atoms with E-state index in [0.717, 1.165) is 17.7 Å². The zero-order chi connectivity index (χ0) is 14.5. The van der Waals surface area contributed by atoms with Gasteiger partial charge in [-0.25, -0.2) is 4.98 Å². The second-order valence-electron chi connectivity index (χ2n) is 4.25. The minimum absolute atomic E-state index is 0.0501. The molecule has 0 spiro atoms. The molecule has 20 heavy (non-hydrogen) atoms. The number of anilines is 3. The molecule has 104 valence electrons. The Hall–Kier alpha value is -2.63. The standard InChI is InChI=1S/C14H16N4O2/c1-3-10-5-4-6-11(9-10)16-14-12(18(19)20)7-8-13(15-2)17-14/h4-9H,3H2,1-2H3,(H2,15,16,17). The summed E-state index contributed by atoms with van der Waals surface area (Å²) >= 11 is 0. The summed E-state index contributed by atoms with van der Waals surface area (Å²) in [6, 6.07) is 10.7. The highest BCUT2D eigenvalue weighted by molar-refractivity contribution is 5.67. The summed E-state index contributed by atoms with van der Waals surface area (Å²) in [7, 11) is 1.72. The van der Waals surface area contributed by atoms with Crippen LogP contribution in [0.25, 0.3) is 0 Å². The molecule has 1 aromatic carbocycles. The van der Waals surface area contributed by atoms with Crippen molar-refractivity contribution < 1.29 is 4.92 Å². The fourth-order valence-electron chi connectivity index (χ4n) is 1.84. The lowest BCUT2D eigenvalue weighted by Gasteiger charge is -2.09. The number of hydrogen-bond donors (Lipinski definition) is 2. The number of nitro groups is 1. The zero-order valence-corrected chi connectivity index (χ0v) is 11.4. The first-order valence-electron chi connectivity index (χ1n) is 6.33. The van der Waals surface area contributed by atoms with Gasteiger partial charge in [-0.2, -0.15) is 0 Å². The first kappa shape index (κ1) is 13.8. The maximum absolute atomic E-state index is 11.0. The van der Waals surface area contributed by atoms with Crippen molar-refractivity contribution in [3.8, 4) is 0 Å². The normalized spacial score (nSPS) is 10.1. The Kier molecular flexibility index (Phi) is 4.14. The van der Waals surface area contributed by atoms with E-state index in [1.807, 2.05) is 24.3 Å². The van der Waals surface area contributed by atoms with Crippen molar-refractivity contribution >= 4 is 23.0 Å². The summed E-state index contributed by atoms with van der Waals surface area (Å²) in [4.78, 5) is 14.8.